The number of aliphatic hydroxyl groups is 1. The van der Waals surface area contributed by atoms with Crippen LogP contribution in [0, 0.1) is 0 Å². The van der Waals surface area contributed by atoms with Gasteiger partial charge in [-0.1, -0.05) is 0 Å². The van der Waals surface area contributed by atoms with Crippen LogP contribution in [0.4, 0.5) is 0 Å². The third kappa shape index (κ3) is 4.98. The van der Waals surface area contributed by atoms with Crippen LogP contribution in [0.25, 0.3) is 0 Å². The molecule has 4 unspecified atom stereocenters. The van der Waals surface area contributed by atoms with Crippen molar-refractivity contribution in [1.29, 1.82) is 0 Å². The van der Waals surface area contributed by atoms with Crippen LogP contribution in [0.15, 0.2) is 0 Å². The predicted molar refractivity (Wildman–Crippen MR) is 103 cm³/mol. The third-order valence-electron chi connectivity index (χ3n) is 6.73. The van der Waals surface area contributed by atoms with Crippen molar-refractivity contribution in [2.75, 3.05) is 66.1 Å². The summed E-state index contributed by atoms with van der Waals surface area (Å²) in [6, 6.07) is 0. The largest absolute Gasteiger partial charge is 0.388 e. The standard InChI is InChI=1S/C21H32O11/c22-11(1-25-14-7-29-20-16(9-31-18(14)20)27-5-12-3-23-12)2-26-15-8-30-21-17(10-32-19(15)21)28-6-13-4-24-13/h11-22H,1-10H2/t11?,12?,13?,14-,15+,16+,17-,18-,19-,20-,21?/m1/s1. The Kier molecular flexibility index (Phi) is 6.66. The summed E-state index contributed by atoms with van der Waals surface area (Å²) in [5.74, 6) is 0. The molecule has 0 saturated carbocycles. The minimum atomic E-state index is -0.769. The Bertz CT molecular complexity index is 577. The van der Waals surface area contributed by atoms with Crippen molar-refractivity contribution in [3.63, 3.8) is 0 Å². The molecule has 0 aliphatic carbocycles. The van der Waals surface area contributed by atoms with Crippen LogP contribution in [0.2, 0.25) is 0 Å². The van der Waals surface area contributed by atoms with Crippen LogP contribution in [-0.2, 0) is 47.4 Å². The molecule has 6 fully saturated rings. The van der Waals surface area contributed by atoms with Gasteiger partial charge in [0.05, 0.1) is 66.1 Å². The monoisotopic (exact) mass is 460 g/mol. The Morgan fingerprint density at radius 1 is 0.531 bits per heavy atom. The molecule has 0 spiro atoms. The molecule has 0 bridgehead atoms. The van der Waals surface area contributed by atoms with Crippen LogP contribution >= 0.6 is 0 Å². The van der Waals surface area contributed by atoms with Gasteiger partial charge in [0.25, 0.3) is 0 Å². The zero-order valence-electron chi connectivity index (χ0n) is 18.0. The highest BCUT2D eigenvalue weighted by Gasteiger charge is 2.50. The Hall–Kier alpha value is -0.440. The summed E-state index contributed by atoms with van der Waals surface area (Å²) in [5, 5.41) is 10.4. The summed E-state index contributed by atoms with van der Waals surface area (Å²) in [4.78, 5) is 0. The molecule has 1 N–H and O–H groups in total. The first-order chi connectivity index (χ1) is 15.7. The van der Waals surface area contributed by atoms with E-state index in [1.54, 1.807) is 0 Å². The van der Waals surface area contributed by atoms with E-state index < -0.39 is 6.10 Å². The first-order valence-corrected chi connectivity index (χ1v) is 11.6. The van der Waals surface area contributed by atoms with E-state index in [1.165, 1.54) is 0 Å². The van der Waals surface area contributed by atoms with Crippen molar-refractivity contribution in [3.05, 3.63) is 0 Å². The summed E-state index contributed by atoms with van der Waals surface area (Å²) >= 11 is 0. The van der Waals surface area contributed by atoms with Gasteiger partial charge in [-0.25, -0.2) is 0 Å². The molecule has 6 heterocycles. The number of aliphatic hydroxyl groups excluding tert-OH is 1. The fourth-order valence-corrected chi connectivity index (χ4v) is 4.74. The van der Waals surface area contributed by atoms with Gasteiger partial charge in [0.1, 0.15) is 67.1 Å². The third-order valence-corrected chi connectivity index (χ3v) is 6.73. The average molecular weight is 460 g/mol. The molecular weight excluding hydrogens is 428 g/mol. The lowest BCUT2D eigenvalue weighted by atomic mass is 10.1. The molecule has 11 heteroatoms. The number of hydrogen-bond acceptors (Lipinski definition) is 11. The number of hydrogen-bond donors (Lipinski definition) is 1. The minimum Gasteiger partial charge on any atom is -0.388 e. The fraction of sp³-hybridized carbons (Fsp3) is 1.00. The zero-order valence-corrected chi connectivity index (χ0v) is 18.0. The van der Waals surface area contributed by atoms with Gasteiger partial charge < -0.3 is 52.5 Å². The topological polar surface area (TPSA) is 119 Å². The summed E-state index contributed by atoms with van der Waals surface area (Å²) < 4.78 is 57.2. The molecule has 32 heavy (non-hydrogen) atoms. The molecular formula is C21H32O11. The molecule has 6 aliphatic rings. The van der Waals surface area contributed by atoms with Gasteiger partial charge in [0.2, 0.25) is 0 Å². The van der Waals surface area contributed by atoms with Crippen molar-refractivity contribution in [1.82, 2.24) is 0 Å². The lowest BCUT2D eigenvalue weighted by molar-refractivity contribution is -0.101. The highest BCUT2D eigenvalue weighted by Crippen LogP contribution is 2.32. The van der Waals surface area contributed by atoms with Gasteiger partial charge in [-0.15, -0.1) is 0 Å². The summed E-state index contributed by atoms with van der Waals surface area (Å²) in [6.45, 7) is 4.74. The van der Waals surface area contributed by atoms with Crippen LogP contribution in [0.5, 0.6) is 0 Å². The second-order valence-electron chi connectivity index (χ2n) is 9.24. The van der Waals surface area contributed by atoms with E-state index in [-0.39, 0.29) is 74.3 Å². The smallest absolute Gasteiger partial charge is 0.115 e. The first-order valence-electron chi connectivity index (χ1n) is 11.6. The van der Waals surface area contributed by atoms with Crippen molar-refractivity contribution in [3.8, 4) is 0 Å². The molecule has 11 atom stereocenters. The second-order valence-corrected chi connectivity index (χ2v) is 9.24. The van der Waals surface area contributed by atoms with Gasteiger partial charge in [-0.2, -0.15) is 0 Å². The molecule has 0 amide bonds. The van der Waals surface area contributed by atoms with Gasteiger partial charge in [0, 0.05) is 0 Å². The van der Waals surface area contributed by atoms with Crippen molar-refractivity contribution >= 4 is 0 Å². The van der Waals surface area contributed by atoms with E-state index in [2.05, 4.69) is 0 Å². The molecule has 0 aromatic carbocycles. The normalized spacial score (nSPS) is 47.5. The molecule has 6 saturated heterocycles. The van der Waals surface area contributed by atoms with E-state index in [0.717, 1.165) is 13.2 Å². The maximum atomic E-state index is 10.4. The summed E-state index contributed by atoms with van der Waals surface area (Å²) in [6.07, 6.45) is -1.64. The van der Waals surface area contributed by atoms with Gasteiger partial charge in [0.15, 0.2) is 0 Å². The Labute approximate surface area is 186 Å². The number of fused-ring (bicyclic) bond motifs is 2. The number of rotatable bonds is 12. The quantitative estimate of drug-likeness (QED) is 0.335. The molecule has 6 rings (SSSR count). The van der Waals surface area contributed by atoms with E-state index in [0.29, 0.717) is 39.6 Å². The molecule has 0 aromatic heterocycles. The van der Waals surface area contributed by atoms with E-state index in [9.17, 15) is 5.11 Å². The lowest BCUT2D eigenvalue weighted by Gasteiger charge is -2.21. The molecule has 182 valence electrons. The van der Waals surface area contributed by atoms with Gasteiger partial charge >= 0.3 is 0 Å². The predicted octanol–water partition coefficient (Wildman–Crippen LogP) is -1.72. The maximum Gasteiger partial charge on any atom is 0.115 e. The highest BCUT2D eigenvalue weighted by atomic mass is 16.7. The minimum absolute atomic E-state index is 0.0996. The van der Waals surface area contributed by atoms with Crippen molar-refractivity contribution in [2.24, 2.45) is 0 Å². The fourth-order valence-electron chi connectivity index (χ4n) is 4.74. The summed E-state index contributed by atoms with van der Waals surface area (Å²) in [7, 11) is 0. The van der Waals surface area contributed by atoms with E-state index in [1.807, 2.05) is 0 Å². The molecule has 0 aromatic rings. The molecule has 0 radical (unpaired) electrons. The maximum absolute atomic E-state index is 10.4. The number of epoxide rings is 2. The highest BCUT2D eigenvalue weighted by molar-refractivity contribution is 4.97. The van der Waals surface area contributed by atoms with Gasteiger partial charge in [-0.3, -0.25) is 0 Å². The zero-order chi connectivity index (χ0) is 21.5. The van der Waals surface area contributed by atoms with E-state index >= 15 is 0 Å². The van der Waals surface area contributed by atoms with Gasteiger partial charge in [-0.05, 0) is 0 Å². The van der Waals surface area contributed by atoms with Crippen LogP contribution < -0.4 is 0 Å². The Morgan fingerprint density at radius 3 is 1.22 bits per heavy atom. The van der Waals surface area contributed by atoms with Crippen LogP contribution in [0.3, 0.4) is 0 Å². The second kappa shape index (κ2) is 9.67. The van der Waals surface area contributed by atoms with Crippen molar-refractivity contribution < 1.29 is 52.5 Å². The Balaban J connectivity index is 0.890. The molecule has 11 nitrogen and oxygen atoms in total. The van der Waals surface area contributed by atoms with Crippen molar-refractivity contribution in [2.45, 2.75) is 67.1 Å². The van der Waals surface area contributed by atoms with Crippen LogP contribution in [-0.4, -0.2) is 138 Å². The van der Waals surface area contributed by atoms with Crippen LogP contribution in [0.1, 0.15) is 0 Å². The Morgan fingerprint density at radius 2 is 0.875 bits per heavy atom. The lowest BCUT2D eigenvalue weighted by Crippen LogP contribution is -2.38. The molecule has 6 aliphatic heterocycles. The SMILES string of the molecule is OC(CO[C@H]1COC2[C@H](OCC3CO3)CO[C@@H]21)CO[C@@H]1CO[C@H]2[C@@H]1OC[C@@H]2OCC1CO1. The van der Waals surface area contributed by atoms with E-state index in [4.69, 9.17) is 47.4 Å². The average Bonchev–Trinajstić information content (AvgIpc) is 3.62. The first kappa shape index (κ1) is 22.1. The number of ether oxygens (including phenoxy) is 10. The summed E-state index contributed by atoms with van der Waals surface area (Å²) in [5.41, 5.74) is 0.